The van der Waals surface area contributed by atoms with Crippen LogP contribution in [0.5, 0.6) is 0 Å². The van der Waals surface area contributed by atoms with Gasteiger partial charge in [0.05, 0.1) is 5.69 Å². The number of nitrogens with one attached hydrogen (secondary N) is 1. The normalized spacial score (nSPS) is 19.2. The molecule has 1 N–H and O–H groups in total. The highest BCUT2D eigenvalue weighted by Gasteiger charge is 2.26. The summed E-state index contributed by atoms with van der Waals surface area (Å²) in [4.78, 5) is 7.99. The third-order valence-electron chi connectivity index (χ3n) is 2.63. The first-order valence-electron chi connectivity index (χ1n) is 5.08. The van der Waals surface area contributed by atoms with Gasteiger partial charge in [0.25, 0.3) is 0 Å². The Balaban J connectivity index is 2.43. The highest BCUT2D eigenvalue weighted by Crippen LogP contribution is 2.21. The number of rotatable bonds is 1. The van der Waals surface area contributed by atoms with Crippen molar-refractivity contribution in [2.45, 2.75) is 37.5 Å². The number of hydrogen-bond donors (Lipinski definition) is 1. The van der Waals surface area contributed by atoms with Gasteiger partial charge >= 0.3 is 0 Å². The monoisotopic (exact) mass is 241 g/mol. The molecule has 0 amide bonds. The summed E-state index contributed by atoms with van der Waals surface area (Å²) in [5.41, 5.74) is 1.83. The molecule has 0 saturated carbocycles. The predicted octanol–water partition coefficient (Wildman–Crippen LogP) is 0.304. The zero-order chi connectivity index (χ0) is 12.0. The molecular weight excluding hydrogens is 226 g/mol. The Hall–Kier alpha value is -1.01. The molecule has 88 valence electrons. The van der Waals surface area contributed by atoms with Crippen molar-refractivity contribution in [1.29, 1.82) is 0 Å². The van der Waals surface area contributed by atoms with E-state index in [4.69, 9.17) is 0 Å². The van der Waals surface area contributed by atoms with E-state index in [1.807, 2.05) is 0 Å². The number of aromatic nitrogens is 2. The largest absolute Gasteiger partial charge is 0.306 e. The smallest absolute Gasteiger partial charge is 0.247 e. The van der Waals surface area contributed by atoms with E-state index in [9.17, 15) is 8.42 Å². The summed E-state index contributed by atoms with van der Waals surface area (Å²) >= 11 is 0. The van der Waals surface area contributed by atoms with Gasteiger partial charge in [-0.1, -0.05) is 0 Å². The minimum atomic E-state index is -3.32. The number of nitrogens with zero attached hydrogens (tertiary/aromatic N) is 2. The van der Waals surface area contributed by atoms with E-state index < -0.39 is 9.84 Å². The first-order valence-corrected chi connectivity index (χ1v) is 6.97. The standard InChI is InChI=1S/C10H15N3O2S/c1-10(2)4-7-5-11-9(16(3,14)15)13-8(7)6-12-10/h5,12H,4,6H2,1-3H3. The topological polar surface area (TPSA) is 72.0 Å². The van der Waals surface area contributed by atoms with Crippen LogP contribution in [0.4, 0.5) is 0 Å². The molecule has 6 heteroatoms. The van der Waals surface area contributed by atoms with Crippen molar-refractivity contribution < 1.29 is 8.42 Å². The summed E-state index contributed by atoms with van der Waals surface area (Å²) in [6.07, 6.45) is 3.56. The molecule has 0 saturated heterocycles. The molecule has 2 heterocycles. The van der Waals surface area contributed by atoms with E-state index >= 15 is 0 Å². The lowest BCUT2D eigenvalue weighted by molar-refractivity contribution is 0.355. The summed E-state index contributed by atoms with van der Waals surface area (Å²) < 4.78 is 22.6. The molecule has 5 nitrogen and oxygen atoms in total. The van der Waals surface area contributed by atoms with Crippen LogP contribution in [-0.4, -0.2) is 30.2 Å². The van der Waals surface area contributed by atoms with Gasteiger partial charge in [-0.2, -0.15) is 0 Å². The van der Waals surface area contributed by atoms with Crippen LogP contribution in [0.2, 0.25) is 0 Å². The Morgan fingerprint density at radius 2 is 2.12 bits per heavy atom. The molecule has 0 fully saturated rings. The third kappa shape index (κ3) is 2.22. The van der Waals surface area contributed by atoms with Crippen LogP contribution in [0.25, 0.3) is 0 Å². The lowest BCUT2D eigenvalue weighted by Crippen LogP contribution is -2.45. The lowest BCUT2D eigenvalue weighted by atomic mass is 9.91. The average Bonchev–Trinajstić information content (AvgIpc) is 2.14. The SMILES string of the molecule is CC1(C)Cc2cnc(S(C)(=O)=O)nc2CN1. The van der Waals surface area contributed by atoms with Gasteiger partial charge in [-0.15, -0.1) is 0 Å². The van der Waals surface area contributed by atoms with Crippen molar-refractivity contribution >= 4 is 9.84 Å². The molecule has 0 atom stereocenters. The number of sulfone groups is 1. The lowest BCUT2D eigenvalue weighted by Gasteiger charge is -2.31. The molecule has 0 unspecified atom stereocenters. The Bertz CT molecular complexity index is 523. The van der Waals surface area contributed by atoms with Crippen molar-refractivity contribution in [3.05, 3.63) is 17.5 Å². The van der Waals surface area contributed by atoms with Crippen LogP contribution in [0.1, 0.15) is 25.1 Å². The third-order valence-corrected chi connectivity index (χ3v) is 3.49. The second kappa shape index (κ2) is 3.49. The van der Waals surface area contributed by atoms with Crippen LogP contribution in [-0.2, 0) is 22.8 Å². The van der Waals surface area contributed by atoms with E-state index in [0.717, 1.165) is 23.9 Å². The van der Waals surface area contributed by atoms with E-state index in [1.165, 1.54) is 0 Å². The van der Waals surface area contributed by atoms with Gasteiger partial charge in [-0.25, -0.2) is 18.4 Å². The zero-order valence-electron chi connectivity index (χ0n) is 9.61. The Morgan fingerprint density at radius 1 is 1.44 bits per heavy atom. The second-order valence-corrected chi connectivity index (χ2v) is 6.72. The first kappa shape index (κ1) is 11.5. The Kier molecular flexibility index (Phi) is 2.51. The van der Waals surface area contributed by atoms with Crippen molar-refractivity contribution in [2.24, 2.45) is 0 Å². The molecule has 1 aromatic heterocycles. The van der Waals surface area contributed by atoms with E-state index in [0.29, 0.717) is 6.54 Å². The molecule has 0 radical (unpaired) electrons. The van der Waals surface area contributed by atoms with Gasteiger partial charge < -0.3 is 5.32 Å². The predicted molar refractivity (Wildman–Crippen MR) is 59.8 cm³/mol. The summed E-state index contributed by atoms with van der Waals surface area (Å²) in [5.74, 6) is 0. The fraction of sp³-hybridized carbons (Fsp3) is 0.600. The molecule has 2 rings (SSSR count). The summed E-state index contributed by atoms with van der Waals surface area (Å²) in [6, 6.07) is 0. The number of hydrogen-bond acceptors (Lipinski definition) is 5. The van der Waals surface area contributed by atoms with Crippen LogP contribution in [0.3, 0.4) is 0 Å². The van der Waals surface area contributed by atoms with E-state index in [2.05, 4.69) is 29.1 Å². The maximum atomic E-state index is 11.3. The van der Waals surface area contributed by atoms with E-state index in [-0.39, 0.29) is 10.7 Å². The van der Waals surface area contributed by atoms with Crippen LogP contribution in [0.15, 0.2) is 11.4 Å². The van der Waals surface area contributed by atoms with Crippen molar-refractivity contribution in [2.75, 3.05) is 6.26 Å². The van der Waals surface area contributed by atoms with Crippen LogP contribution in [0, 0.1) is 0 Å². The van der Waals surface area contributed by atoms with Gasteiger partial charge in [0, 0.05) is 24.5 Å². The molecule has 0 aliphatic carbocycles. The minimum absolute atomic E-state index is 0.0168. The molecule has 0 spiro atoms. The molecular formula is C10H15N3O2S. The van der Waals surface area contributed by atoms with Gasteiger partial charge in [-0.05, 0) is 25.8 Å². The summed E-state index contributed by atoms with van der Waals surface area (Å²) in [6.45, 7) is 4.79. The van der Waals surface area contributed by atoms with Crippen LogP contribution < -0.4 is 5.32 Å². The van der Waals surface area contributed by atoms with Gasteiger partial charge in [0.2, 0.25) is 15.0 Å². The summed E-state index contributed by atoms with van der Waals surface area (Å²) in [7, 11) is -3.32. The molecule has 16 heavy (non-hydrogen) atoms. The zero-order valence-corrected chi connectivity index (χ0v) is 10.4. The van der Waals surface area contributed by atoms with Gasteiger partial charge in [0.15, 0.2) is 0 Å². The average molecular weight is 241 g/mol. The van der Waals surface area contributed by atoms with Gasteiger partial charge in [-0.3, -0.25) is 0 Å². The van der Waals surface area contributed by atoms with Crippen molar-refractivity contribution in [3.8, 4) is 0 Å². The van der Waals surface area contributed by atoms with E-state index in [1.54, 1.807) is 6.20 Å². The van der Waals surface area contributed by atoms with Crippen molar-refractivity contribution in [3.63, 3.8) is 0 Å². The summed E-state index contributed by atoms with van der Waals surface area (Å²) in [5, 5.41) is 3.22. The molecule has 0 aromatic carbocycles. The number of fused-ring (bicyclic) bond motifs is 1. The van der Waals surface area contributed by atoms with Crippen molar-refractivity contribution in [1.82, 2.24) is 15.3 Å². The highest BCUT2D eigenvalue weighted by atomic mass is 32.2. The van der Waals surface area contributed by atoms with Gasteiger partial charge in [0.1, 0.15) is 0 Å². The maximum absolute atomic E-state index is 11.3. The molecule has 1 aliphatic heterocycles. The molecule has 1 aromatic rings. The second-order valence-electron chi connectivity index (χ2n) is 4.81. The first-order chi connectivity index (χ1) is 7.28. The maximum Gasteiger partial charge on any atom is 0.247 e. The Morgan fingerprint density at radius 3 is 2.75 bits per heavy atom. The van der Waals surface area contributed by atoms with Crippen LogP contribution >= 0.6 is 0 Å². The highest BCUT2D eigenvalue weighted by molar-refractivity contribution is 7.90. The quantitative estimate of drug-likeness (QED) is 0.716. The molecule has 0 bridgehead atoms. The fourth-order valence-electron chi connectivity index (χ4n) is 1.76. The minimum Gasteiger partial charge on any atom is -0.306 e. The Labute approximate surface area is 95.2 Å². The fourth-order valence-corrected chi connectivity index (χ4v) is 2.28. The molecule has 1 aliphatic rings.